The molecule has 6 rings (SSSR count). The van der Waals surface area contributed by atoms with E-state index in [0.29, 0.717) is 0 Å². The first-order valence-electron chi connectivity index (χ1n) is 10.7. The average Bonchev–Trinajstić information content (AvgIpc) is 3.19. The van der Waals surface area contributed by atoms with Crippen molar-refractivity contribution in [2.24, 2.45) is 0 Å². The molecule has 0 N–H and O–H groups in total. The summed E-state index contributed by atoms with van der Waals surface area (Å²) in [7, 11) is 0. The van der Waals surface area contributed by atoms with Crippen LogP contribution in [0.25, 0.3) is 33.5 Å². The van der Waals surface area contributed by atoms with Crippen molar-refractivity contribution in [3.05, 3.63) is 121 Å². The quantitative estimate of drug-likeness (QED) is 0.389. The normalized spacial score (nSPS) is 11.8. The Morgan fingerprint density at radius 2 is 1.06 bits per heavy atom. The topological polar surface area (TPSA) is 12.9 Å². The van der Waals surface area contributed by atoms with Crippen LogP contribution in [0.5, 0.6) is 0 Å². The van der Waals surface area contributed by atoms with Gasteiger partial charge in [0.25, 0.3) is 0 Å². The van der Waals surface area contributed by atoms with Gasteiger partial charge in [-0.15, -0.1) is 0 Å². The summed E-state index contributed by atoms with van der Waals surface area (Å²) in [5.74, 6) is 0. The van der Waals surface area contributed by atoms with Gasteiger partial charge in [0.1, 0.15) is 0 Å². The highest BCUT2D eigenvalue weighted by atomic mass is 14.7. The molecule has 0 spiro atoms. The van der Waals surface area contributed by atoms with Crippen LogP contribution in [0.15, 0.2) is 121 Å². The van der Waals surface area contributed by atoms with Crippen molar-refractivity contribution >= 4 is 23.1 Å². The zero-order chi connectivity index (χ0) is 20.6. The summed E-state index contributed by atoms with van der Waals surface area (Å²) in [5, 5.41) is 0. The first kappa shape index (κ1) is 17.9. The van der Waals surface area contributed by atoms with Gasteiger partial charge in [-0.2, -0.15) is 0 Å². The fourth-order valence-corrected chi connectivity index (χ4v) is 4.78. The van der Waals surface area contributed by atoms with E-state index < -0.39 is 0 Å². The highest BCUT2D eigenvalue weighted by Gasteiger charge is 2.34. The molecule has 0 bridgehead atoms. The highest BCUT2D eigenvalue weighted by Crippen LogP contribution is 2.27. The Morgan fingerprint density at radius 3 is 1.74 bits per heavy atom. The monoisotopic (exact) mass is 393 g/mol. The zero-order valence-corrected chi connectivity index (χ0v) is 17.1. The molecule has 0 fully saturated rings. The number of aromatic nitrogens is 1. The molecule has 0 amide bonds. The van der Waals surface area contributed by atoms with Crippen LogP contribution in [-0.2, 0) is 0 Å². The SMILES string of the molecule is c1ccc(-c2cc(B3c4ccccc4-c4ncccc43)cc(-c3ccccc3)c2)cc1. The number of pyridine rings is 1. The molecule has 0 aliphatic carbocycles. The maximum atomic E-state index is 4.74. The minimum absolute atomic E-state index is 0.186. The molecule has 4 aromatic carbocycles. The lowest BCUT2D eigenvalue weighted by atomic mass is 9.39. The van der Waals surface area contributed by atoms with Gasteiger partial charge in [-0.05, 0) is 45.4 Å². The van der Waals surface area contributed by atoms with Gasteiger partial charge in [-0.1, -0.05) is 114 Å². The highest BCUT2D eigenvalue weighted by molar-refractivity contribution is 6.99. The third-order valence-corrected chi connectivity index (χ3v) is 6.18. The first-order valence-corrected chi connectivity index (χ1v) is 10.7. The van der Waals surface area contributed by atoms with Crippen LogP contribution in [0.1, 0.15) is 0 Å². The molecular weight excluding hydrogens is 373 g/mol. The Labute approximate surface area is 183 Å². The third kappa shape index (κ3) is 3.08. The van der Waals surface area contributed by atoms with Crippen molar-refractivity contribution in [2.45, 2.75) is 0 Å². The number of nitrogens with zero attached hydrogens (tertiary/aromatic N) is 1. The molecule has 5 aromatic rings. The van der Waals surface area contributed by atoms with E-state index in [1.807, 2.05) is 6.20 Å². The Morgan fingerprint density at radius 1 is 0.484 bits per heavy atom. The van der Waals surface area contributed by atoms with Gasteiger partial charge in [0.15, 0.2) is 0 Å². The summed E-state index contributed by atoms with van der Waals surface area (Å²) in [6, 6.07) is 41.3. The van der Waals surface area contributed by atoms with Gasteiger partial charge in [0.2, 0.25) is 6.71 Å². The largest absolute Gasteiger partial charge is 0.257 e. The molecular formula is C29H20BN. The van der Waals surface area contributed by atoms with Crippen molar-refractivity contribution in [2.75, 3.05) is 0 Å². The minimum atomic E-state index is 0.186. The second kappa shape index (κ2) is 7.41. The molecule has 2 heteroatoms. The number of fused-ring (bicyclic) bond motifs is 3. The maximum absolute atomic E-state index is 4.74. The molecule has 2 heterocycles. The summed E-state index contributed by atoms with van der Waals surface area (Å²) < 4.78 is 0. The molecule has 0 radical (unpaired) electrons. The van der Waals surface area contributed by atoms with E-state index in [1.54, 1.807) is 0 Å². The Kier molecular flexibility index (Phi) is 4.28. The summed E-state index contributed by atoms with van der Waals surface area (Å²) in [4.78, 5) is 4.74. The Balaban J connectivity index is 1.61. The van der Waals surface area contributed by atoms with Crippen LogP contribution in [0.4, 0.5) is 0 Å². The lowest BCUT2D eigenvalue weighted by molar-refractivity contribution is 1.36. The van der Waals surface area contributed by atoms with Crippen LogP contribution in [0.2, 0.25) is 0 Å². The summed E-state index contributed by atoms with van der Waals surface area (Å²) in [6.45, 7) is 0.186. The van der Waals surface area contributed by atoms with Gasteiger partial charge in [-0.25, -0.2) is 0 Å². The molecule has 0 atom stereocenters. The van der Waals surface area contributed by atoms with Crippen LogP contribution in [0.3, 0.4) is 0 Å². The zero-order valence-electron chi connectivity index (χ0n) is 17.1. The van der Waals surface area contributed by atoms with Gasteiger partial charge in [0.05, 0.1) is 5.69 Å². The lowest BCUT2D eigenvalue weighted by Gasteiger charge is -2.15. The number of benzene rings is 4. The molecule has 0 unspecified atom stereocenters. The van der Waals surface area contributed by atoms with Gasteiger partial charge in [-0.3, -0.25) is 4.98 Å². The molecule has 31 heavy (non-hydrogen) atoms. The predicted octanol–water partition coefficient (Wildman–Crippen LogP) is 4.91. The fourth-order valence-electron chi connectivity index (χ4n) is 4.78. The van der Waals surface area contributed by atoms with Crippen LogP contribution in [-0.4, -0.2) is 11.7 Å². The van der Waals surface area contributed by atoms with E-state index >= 15 is 0 Å². The van der Waals surface area contributed by atoms with Crippen molar-refractivity contribution in [3.63, 3.8) is 0 Å². The standard InChI is InChI=1S/C29H20BN/c1-3-10-21(11-4-1)23-18-24(22-12-5-2-6-13-22)20-25(19-23)30-27-15-8-7-14-26(27)29-28(30)16-9-17-31-29/h1-20H. The van der Waals surface area contributed by atoms with E-state index in [9.17, 15) is 0 Å². The summed E-state index contributed by atoms with van der Waals surface area (Å²) in [6.07, 6.45) is 1.90. The average molecular weight is 393 g/mol. The van der Waals surface area contributed by atoms with Crippen LogP contribution in [0, 0.1) is 0 Å². The van der Waals surface area contributed by atoms with Gasteiger partial charge >= 0.3 is 0 Å². The minimum Gasteiger partial charge on any atom is -0.257 e. The van der Waals surface area contributed by atoms with Gasteiger partial charge in [0, 0.05) is 6.20 Å². The smallest absolute Gasteiger partial charge is 0.244 e. The van der Waals surface area contributed by atoms with Crippen molar-refractivity contribution < 1.29 is 0 Å². The number of rotatable bonds is 3. The van der Waals surface area contributed by atoms with E-state index in [0.717, 1.165) is 5.69 Å². The third-order valence-electron chi connectivity index (χ3n) is 6.18. The number of hydrogen-bond donors (Lipinski definition) is 0. The van der Waals surface area contributed by atoms with Gasteiger partial charge < -0.3 is 0 Å². The Bertz CT molecular complexity index is 1270. The first-order chi connectivity index (χ1) is 15.4. The van der Waals surface area contributed by atoms with E-state index in [4.69, 9.17) is 4.98 Å². The van der Waals surface area contributed by atoms with E-state index in [1.165, 1.54) is 44.2 Å². The second-order valence-electron chi connectivity index (χ2n) is 8.04. The second-order valence-corrected chi connectivity index (χ2v) is 8.04. The summed E-state index contributed by atoms with van der Waals surface area (Å²) in [5.41, 5.74) is 11.2. The maximum Gasteiger partial charge on any atom is 0.244 e. The number of hydrogen-bond acceptors (Lipinski definition) is 1. The van der Waals surface area contributed by atoms with Crippen molar-refractivity contribution in [1.29, 1.82) is 0 Å². The van der Waals surface area contributed by atoms with Crippen LogP contribution >= 0.6 is 0 Å². The molecule has 0 saturated heterocycles. The molecule has 1 nitrogen and oxygen atoms in total. The summed E-state index contributed by atoms with van der Waals surface area (Å²) >= 11 is 0. The lowest BCUT2D eigenvalue weighted by Crippen LogP contribution is -2.49. The Hall–Kier alpha value is -3.91. The van der Waals surface area contributed by atoms with Crippen molar-refractivity contribution in [3.8, 4) is 33.5 Å². The van der Waals surface area contributed by atoms with E-state index in [-0.39, 0.29) is 6.71 Å². The molecule has 1 aromatic heterocycles. The molecule has 0 saturated carbocycles. The fraction of sp³-hybridized carbons (Fsp3) is 0. The van der Waals surface area contributed by atoms with Crippen LogP contribution < -0.4 is 16.4 Å². The molecule has 1 aliphatic heterocycles. The molecule has 1 aliphatic rings. The predicted molar refractivity (Wildman–Crippen MR) is 132 cm³/mol. The van der Waals surface area contributed by atoms with E-state index in [2.05, 4.69) is 115 Å². The van der Waals surface area contributed by atoms with Crippen molar-refractivity contribution in [1.82, 2.24) is 4.98 Å². The molecule has 144 valence electrons.